The predicted molar refractivity (Wildman–Crippen MR) is 61.3 cm³/mol. The van der Waals surface area contributed by atoms with Gasteiger partial charge in [0, 0.05) is 13.0 Å². The van der Waals surface area contributed by atoms with Gasteiger partial charge in [0.25, 0.3) is 0 Å². The Morgan fingerprint density at radius 2 is 2.29 bits per heavy atom. The summed E-state index contributed by atoms with van der Waals surface area (Å²) in [4.78, 5) is 18.1. The van der Waals surface area contributed by atoms with Crippen LogP contribution >= 0.6 is 0 Å². The molecule has 6 heteroatoms. The highest BCUT2D eigenvalue weighted by molar-refractivity contribution is 5.67. The van der Waals surface area contributed by atoms with Crippen LogP contribution in [0.15, 0.2) is 6.33 Å². The molecule has 0 spiro atoms. The maximum atomic E-state index is 13.7. The summed E-state index contributed by atoms with van der Waals surface area (Å²) < 4.78 is 13.7. The summed E-state index contributed by atoms with van der Waals surface area (Å²) in [5, 5.41) is 11.4. The van der Waals surface area contributed by atoms with Crippen molar-refractivity contribution in [2.45, 2.75) is 26.7 Å². The van der Waals surface area contributed by atoms with Crippen LogP contribution in [0, 0.1) is 11.7 Å². The highest BCUT2D eigenvalue weighted by Crippen LogP contribution is 2.14. The number of aromatic nitrogens is 2. The zero-order chi connectivity index (χ0) is 12.8. The van der Waals surface area contributed by atoms with Crippen LogP contribution in [0.4, 0.5) is 10.2 Å². The van der Waals surface area contributed by atoms with Gasteiger partial charge in [-0.15, -0.1) is 0 Å². The molecule has 1 unspecified atom stereocenters. The van der Waals surface area contributed by atoms with E-state index in [0.29, 0.717) is 18.7 Å². The summed E-state index contributed by atoms with van der Waals surface area (Å²) in [5.41, 5.74) is 0.355. The highest BCUT2D eigenvalue weighted by atomic mass is 19.1. The molecular formula is C11H16FN3O2. The van der Waals surface area contributed by atoms with E-state index < -0.39 is 11.8 Å². The lowest BCUT2D eigenvalue weighted by Gasteiger charge is -2.12. The van der Waals surface area contributed by atoms with Crippen molar-refractivity contribution in [1.29, 1.82) is 0 Å². The fourth-order valence-corrected chi connectivity index (χ4v) is 1.42. The minimum atomic E-state index is -0.864. The molecular weight excluding hydrogens is 225 g/mol. The van der Waals surface area contributed by atoms with E-state index in [4.69, 9.17) is 5.11 Å². The summed E-state index contributed by atoms with van der Waals surface area (Å²) in [6, 6.07) is 0. The van der Waals surface area contributed by atoms with Gasteiger partial charge >= 0.3 is 5.97 Å². The van der Waals surface area contributed by atoms with E-state index in [1.165, 1.54) is 6.33 Å². The first-order chi connectivity index (χ1) is 8.04. The van der Waals surface area contributed by atoms with Crippen LogP contribution in [0.3, 0.4) is 0 Å². The molecule has 0 aliphatic carbocycles. The van der Waals surface area contributed by atoms with Crippen molar-refractivity contribution in [3.8, 4) is 0 Å². The largest absolute Gasteiger partial charge is 0.481 e. The molecule has 1 aromatic heterocycles. The van der Waals surface area contributed by atoms with E-state index in [1.807, 2.05) is 6.92 Å². The maximum Gasteiger partial charge on any atom is 0.303 e. The van der Waals surface area contributed by atoms with Crippen LogP contribution in [-0.2, 0) is 11.2 Å². The summed E-state index contributed by atoms with van der Waals surface area (Å²) in [6.45, 7) is 3.95. The summed E-state index contributed by atoms with van der Waals surface area (Å²) in [7, 11) is 0. The molecule has 0 amide bonds. The number of aryl methyl sites for hydroxylation is 1. The molecule has 0 fully saturated rings. The average molecular weight is 241 g/mol. The minimum absolute atomic E-state index is 0.0420. The van der Waals surface area contributed by atoms with Gasteiger partial charge in [-0.1, -0.05) is 13.8 Å². The van der Waals surface area contributed by atoms with Gasteiger partial charge in [-0.2, -0.15) is 0 Å². The molecule has 0 aromatic carbocycles. The molecule has 0 saturated carbocycles. The van der Waals surface area contributed by atoms with Crippen molar-refractivity contribution in [1.82, 2.24) is 9.97 Å². The first-order valence-corrected chi connectivity index (χ1v) is 5.49. The Kier molecular flexibility index (Phi) is 4.81. The second kappa shape index (κ2) is 6.12. The van der Waals surface area contributed by atoms with E-state index in [-0.39, 0.29) is 18.2 Å². The number of rotatable bonds is 6. The van der Waals surface area contributed by atoms with Gasteiger partial charge in [-0.05, 0) is 12.3 Å². The SMILES string of the molecule is CCc1ncnc(NCC(C)CC(=O)O)c1F. The summed E-state index contributed by atoms with van der Waals surface area (Å²) >= 11 is 0. The molecule has 94 valence electrons. The Morgan fingerprint density at radius 3 is 2.88 bits per heavy atom. The second-order valence-electron chi connectivity index (χ2n) is 3.92. The zero-order valence-corrected chi connectivity index (χ0v) is 9.90. The van der Waals surface area contributed by atoms with Crippen LogP contribution in [0.5, 0.6) is 0 Å². The molecule has 1 rings (SSSR count). The number of halogens is 1. The standard InChI is InChI=1S/C11H16FN3O2/c1-3-8-10(12)11(15-6-14-8)13-5-7(2)4-9(16)17/h6-7H,3-5H2,1-2H3,(H,16,17)(H,13,14,15). The number of carbonyl (C=O) groups is 1. The molecule has 1 aromatic rings. The lowest BCUT2D eigenvalue weighted by molar-refractivity contribution is -0.137. The molecule has 2 N–H and O–H groups in total. The lowest BCUT2D eigenvalue weighted by atomic mass is 10.1. The number of hydrogen-bond donors (Lipinski definition) is 2. The van der Waals surface area contributed by atoms with E-state index in [0.717, 1.165) is 0 Å². The molecule has 0 aliphatic rings. The summed E-state index contributed by atoms with van der Waals surface area (Å²) in [5.74, 6) is -1.28. The van der Waals surface area contributed by atoms with Gasteiger partial charge in [-0.3, -0.25) is 4.79 Å². The number of nitrogens with one attached hydrogen (secondary N) is 1. The van der Waals surface area contributed by atoms with Crippen LogP contribution in [0.1, 0.15) is 26.0 Å². The van der Waals surface area contributed by atoms with Crippen LogP contribution in [-0.4, -0.2) is 27.6 Å². The molecule has 1 heterocycles. The molecule has 5 nitrogen and oxygen atoms in total. The first-order valence-electron chi connectivity index (χ1n) is 5.49. The van der Waals surface area contributed by atoms with Crippen molar-refractivity contribution >= 4 is 11.8 Å². The Labute approximate surface area is 99.1 Å². The van der Waals surface area contributed by atoms with Gasteiger partial charge in [0.15, 0.2) is 11.6 Å². The number of carboxylic acid groups (broad SMARTS) is 1. The van der Waals surface area contributed by atoms with Gasteiger partial charge in [0.1, 0.15) is 6.33 Å². The summed E-state index contributed by atoms with van der Waals surface area (Å²) in [6.07, 6.45) is 1.83. The fraction of sp³-hybridized carbons (Fsp3) is 0.545. The van der Waals surface area contributed by atoms with E-state index in [2.05, 4.69) is 15.3 Å². The van der Waals surface area contributed by atoms with Gasteiger partial charge in [0.05, 0.1) is 5.69 Å². The third-order valence-electron chi connectivity index (χ3n) is 2.34. The van der Waals surface area contributed by atoms with E-state index in [1.54, 1.807) is 6.92 Å². The Balaban J connectivity index is 2.60. The van der Waals surface area contributed by atoms with Gasteiger partial charge in [-0.25, -0.2) is 14.4 Å². The Bertz CT molecular complexity index is 398. The zero-order valence-electron chi connectivity index (χ0n) is 9.90. The van der Waals surface area contributed by atoms with Crippen molar-refractivity contribution in [3.63, 3.8) is 0 Å². The minimum Gasteiger partial charge on any atom is -0.481 e. The number of hydrogen-bond acceptors (Lipinski definition) is 4. The normalized spacial score (nSPS) is 12.2. The number of anilines is 1. The van der Waals surface area contributed by atoms with E-state index >= 15 is 0 Å². The van der Waals surface area contributed by atoms with Crippen LogP contribution in [0.25, 0.3) is 0 Å². The quantitative estimate of drug-likeness (QED) is 0.792. The number of carboxylic acids is 1. The smallest absolute Gasteiger partial charge is 0.303 e. The van der Waals surface area contributed by atoms with Gasteiger partial charge in [0.2, 0.25) is 0 Å². The molecule has 0 bridgehead atoms. The Morgan fingerprint density at radius 1 is 1.59 bits per heavy atom. The lowest BCUT2D eigenvalue weighted by Crippen LogP contribution is -2.17. The van der Waals surface area contributed by atoms with Gasteiger partial charge < -0.3 is 10.4 Å². The fourth-order valence-electron chi connectivity index (χ4n) is 1.42. The Hall–Kier alpha value is -1.72. The predicted octanol–water partition coefficient (Wildman–Crippen LogP) is 1.70. The monoisotopic (exact) mass is 241 g/mol. The van der Waals surface area contributed by atoms with Crippen LogP contribution in [0.2, 0.25) is 0 Å². The molecule has 0 saturated heterocycles. The first kappa shape index (κ1) is 13.3. The molecule has 17 heavy (non-hydrogen) atoms. The molecule has 0 aliphatic heterocycles. The topological polar surface area (TPSA) is 75.1 Å². The van der Waals surface area contributed by atoms with Crippen LogP contribution < -0.4 is 5.32 Å². The van der Waals surface area contributed by atoms with Crippen molar-refractivity contribution in [2.24, 2.45) is 5.92 Å². The molecule has 1 atom stereocenters. The third-order valence-corrected chi connectivity index (χ3v) is 2.34. The third kappa shape index (κ3) is 3.97. The van der Waals surface area contributed by atoms with Crippen molar-refractivity contribution in [3.05, 3.63) is 17.8 Å². The number of aliphatic carboxylic acids is 1. The van der Waals surface area contributed by atoms with Crippen molar-refractivity contribution < 1.29 is 14.3 Å². The maximum absolute atomic E-state index is 13.7. The average Bonchev–Trinajstić information content (AvgIpc) is 2.27. The van der Waals surface area contributed by atoms with E-state index in [9.17, 15) is 9.18 Å². The second-order valence-corrected chi connectivity index (χ2v) is 3.92. The number of nitrogens with zero attached hydrogens (tertiary/aromatic N) is 2. The van der Waals surface area contributed by atoms with Crippen molar-refractivity contribution in [2.75, 3.05) is 11.9 Å². The highest BCUT2D eigenvalue weighted by Gasteiger charge is 2.12. The molecule has 0 radical (unpaired) electrons.